The highest BCUT2D eigenvalue weighted by molar-refractivity contribution is 6.31. The largest absolute Gasteiger partial charge is 0.256 e. The lowest BCUT2D eigenvalue weighted by Gasteiger charge is -2.23. The highest BCUT2D eigenvalue weighted by Crippen LogP contribution is 2.37. The zero-order chi connectivity index (χ0) is 20.1. The molecule has 148 valence electrons. The number of nitrogens with zero attached hydrogens (tertiary/aromatic N) is 1. The molecule has 2 aromatic rings. The van der Waals surface area contributed by atoms with Gasteiger partial charge in [0.2, 0.25) is 0 Å². The van der Waals surface area contributed by atoms with Crippen LogP contribution in [0, 0.1) is 0 Å². The van der Waals surface area contributed by atoms with Gasteiger partial charge in [0.25, 0.3) is 0 Å². The number of allylic oxidation sites excluding steroid dienone is 3. The molecule has 3 heteroatoms. The van der Waals surface area contributed by atoms with Crippen LogP contribution in [0.4, 0.5) is 0 Å². The van der Waals surface area contributed by atoms with Crippen molar-refractivity contribution in [2.75, 3.05) is 20.1 Å². The Hall–Kier alpha value is -1.87. The second kappa shape index (κ2) is 9.56. The minimum Gasteiger partial charge on any atom is -0.256 e. The Kier molecular flexibility index (Phi) is 7.12. The van der Waals surface area contributed by atoms with Crippen molar-refractivity contribution in [1.29, 1.82) is 0 Å². The quantitative estimate of drug-likeness (QED) is 0.557. The molecule has 0 amide bonds. The van der Waals surface area contributed by atoms with Crippen LogP contribution in [0.2, 0.25) is 5.02 Å². The number of fused-ring (bicyclic) bond motifs is 1. The van der Waals surface area contributed by atoms with E-state index in [2.05, 4.69) is 68.3 Å². The molecule has 0 saturated carbocycles. The van der Waals surface area contributed by atoms with Gasteiger partial charge in [0, 0.05) is 31.6 Å². The summed E-state index contributed by atoms with van der Waals surface area (Å²) in [7, 11) is 2.11. The number of benzene rings is 2. The Balaban J connectivity index is 1.87. The standard InChI is InChI=1S/C25H31ClN2/c1-5-19-12-13-23(20(16-19)9-8-14-28(4)27-6-2)21-15-18(3)22-10-7-11-25(26)24(22)17-21/h7,10-13,15-16,27H,3,5-6,8-9,14,17H2,1-2,4H3. The van der Waals surface area contributed by atoms with E-state index in [0.717, 1.165) is 49.4 Å². The number of hydrogen-bond acceptors (Lipinski definition) is 2. The molecule has 2 nitrogen and oxygen atoms in total. The summed E-state index contributed by atoms with van der Waals surface area (Å²) in [6, 6.07) is 13.0. The third kappa shape index (κ3) is 4.75. The molecule has 0 saturated heterocycles. The van der Waals surface area contributed by atoms with Crippen molar-refractivity contribution in [3.8, 4) is 0 Å². The number of hydrazine groups is 1. The Morgan fingerprint density at radius 3 is 2.71 bits per heavy atom. The fourth-order valence-corrected chi connectivity index (χ4v) is 4.23. The van der Waals surface area contributed by atoms with E-state index in [1.54, 1.807) is 0 Å². The first-order valence-electron chi connectivity index (χ1n) is 10.3. The zero-order valence-electron chi connectivity index (χ0n) is 17.3. The molecule has 1 aliphatic carbocycles. The second-order valence-corrected chi connectivity index (χ2v) is 7.93. The zero-order valence-corrected chi connectivity index (χ0v) is 18.1. The summed E-state index contributed by atoms with van der Waals surface area (Å²) in [5.41, 5.74) is 12.3. The van der Waals surface area contributed by atoms with Gasteiger partial charge < -0.3 is 0 Å². The van der Waals surface area contributed by atoms with Crippen LogP contribution >= 0.6 is 11.6 Å². The average molecular weight is 395 g/mol. The molecule has 0 unspecified atom stereocenters. The Morgan fingerprint density at radius 1 is 1.14 bits per heavy atom. The van der Waals surface area contributed by atoms with Gasteiger partial charge >= 0.3 is 0 Å². The maximum absolute atomic E-state index is 6.52. The lowest BCUT2D eigenvalue weighted by atomic mass is 9.83. The molecule has 0 aliphatic heterocycles. The van der Waals surface area contributed by atoms with Crippen molar-refractivity contribution in [3.05, 3.63) is 81.9 Å². The molecule has 0 radical (unpaired) electrons. The maximum atomic E-state index is 6.52. The SMILES string of the molecule is C=C1C=C(c2ccc(CC)cc2CCCN(C)NCC)Cc2c(Cl)cccc21. The molecule has 0 spiro atoms. The van der Waals surface area contributed by atoms with Crippen LogP contribution in [-0.4, -0.2) is 25.1 Å². The summed E-state index contributed by atoms with van der Waals surface area (Å²) < 4.78 is 0. The van der Waals surface area contributed by atoms with Gasteiger partial charge in [0.1, 0.15) is 0 Å². The maximum Gasteiger partial charge on any atom is 0.0447 e. The van der Waals surface area contributed by atoms with E-state index >= 15 is 0 Å². The molecule has 1 N–H and O–H groups in total. The topological polar surface area (TPSA) is 15.3 Å². The monoisotopic (exact) mass is 394 g/mol. The molecule has 0 atom stereocenters. The Morgan fingerprint density at radius 2 is 1.96 bits per heavy atom. The van der Waals surface area contributed by atoms with Gasteiger partial charge in [-0.05, 0) is 64.3 Å². The van der Waals surface area contributed by atoms with E-state index < -0.39 is 0 Å². The molecule has 0 heterocycles. The number of aryl methyl sites for hydroxylation is 2. The molecule has 1 aliphatic rings. The van der Waals surface area contributed by atoms with Crippen LogP contribution in [0.25, 0.3) is 11.1 Å². The van der Waals surface area contributed by atoms with Crippen LogP contribution < -0.4 is 5.43 Å². The van der Waals surface area contributed by atoms with Crippen molar-refractivity contribution >= 4 is 22.7 Å². The van der Waals surface area contributed by atoms with Gasteiger partial charge in [0.15, 0.2) is 0 Å². The predicted octanol–water partition coefficient (Wildman–Crippen LogP) is 5.94. The highest BCUT2D eigenvalue weighted by Gasteiger charge is 2.19. The van der Waals surface area contributed by atoms with Crippen molar-refractivity contribution in [2.24, 2.45) is 0 Å². The predicted molar refractivity (Wildman–Crippen MR) is 123 cm³/mol. The third-order valence-corrected chi connectivity index (χ3v) is 5.83. The average Bonchev–Trinajstić information content (AvgIpc) is 2.69. The van der Waals surface area contributed by atoms with E-state index in [0.29, 0.717) is 0 Å². The minimum absolute atomic E-state index is 0.836. The van der Waals surface area contributed by atoms with Crippen LogP contribution in [0.3, 0.4) is 0 Å². The van der Waals surface area contributed by atoms with E-state index in [9.17, 15) is 0 Å². The van der Waals surface area contributed by atoms with Crippen molar-refractivity contribution in [2.45, 2.75) is 39.5 Å². The molecule has 0 bridgehead atoms. The van der Waals surface area contributed by atoms with Gasteiger partial charge in [-0.2, -0.15) is 0 Å². The molecule has 28 heavy (non-hydrogen) atoms. The smallest absolute Gasteiger partial charge is 0.0447 e. The fourth-order valence-electron chi connectivity index (χ4n) is 3.98. The first-order chi connectivity index (χ1) is 13.5. The number of nitrogens with one attached hydrogen (secondary N) is 1. The van der Waals surface area contributed by atoms with Crippen LogP contribution in [0.1, 0.15) is 48.1 Å². The fraction of sp³-hybridized carbons (Fsp3) is 0.360. The second-order valence-electron chi connectivity index (χ2n) is 7.52. The number of halogens is 1. The van der Waals surface area contributed by atoms with Gasteiger partial charge in [-0.25, -0.2) is 5.01 Å². The van der Waals surface area contributed by atoms with Crippen molar-refractivity contribution in [3.63, 3.8) is 0 Å². The summed E-state index contributed by atoms with van der Waals surface area (Å²) in [6.07, 6.45) is 6.36. The molecule has 2 aromatic carbocycles. The molecular formula is C25H31ClN2. The summed E-state index contributed by atoms with van der Waals surface area (Å²) in [4.78, 5) is 0. The summed E-state index contributed by atoms with van der Waals surface area (Å²) in [6.45, 7) is 10.6. The van der Waals surface area contributed by atoms with Gasteiger partial charge in [-0.1, -0.05) is 68.4 Å². The normalized spacial score (nSPS) is 13.6. The third-order valence-electron chi connectivity index (χ3n) is 5.47. The lowest BCUT2D eigenvalue weighted by molar-refractivity contribution is 0.239. The molecular weight excluding hydrogens is 364 g/mol. The van der Waals surface area contributed by atoms with E-state index in [4.69, 9.17) is 11.6 Å². The number of rotatable bonds is 8. The van der Waals surface area contributed by atoms with E-state index in [1.165, 1.54) is 33.4 Å². The summed E-state index contributed by atoms with van der Waals surface area (Å²) in [5.74, 6) is 0. The molecule has 3 rings (SSSR count). The summed E-state index contributed by atoms with van der Waals surface area (Å²) in [5, 5.41) is 3.02. The Labute approximate surface area is 174 Å². The van der Waals surface area contributed by atoms with Crippen molar-refractivity contribution in [1.82, 2.24) is 10.4 Å². The summed E-state index contributed by atoms with van der Waals surface area (Å²) >= 11 is 6.52. The van der Waals surface area contributed by atoms with Gasteiger partial charge in [0.05, 0.1) is 0 Å². The number of hydrogen-bond donors (Lipinski definition) is 1. The van der Waals surface area contributed by atoms with Crippen LogP contribution in [0.5, 0.6) is 0 Å². The molecule has 0 fully saturated rings. The van der Waals surface area contributed by atoms with Gasteiger partial charge in [-0.3, -0.25) is 5.43 Å². The van der Waals surface area contributed by atoms with Gasteiger partial charge in [-0.15, -0.1) is 0 Å². The van der Waals surface area contributed by atoms with E-state index in [1.807, 2.05) is 12.1 Å². The van der Waals surface area contributed by atoms with Crippen LogP contribution in [0.15, 0.2) is 49.1 Å². The first-order valence-corrected chi connectivity index (χ1v) is 10.6. The minimum atomic E-state index is 0.836. The van der Waals surface area contributed by atoms with Crippen LogP contribution in [-0.2, 0) is 19.3 Å². The first kappa shape index (κ1) is 20.9. The lowest BCUT2D eigenvalue weighted by Crippen LogP contribution is -2.34. The molecule has 0 aromatic heterocycles. The van der Waals surface area contributed by atoms with E-state index in [-0.39, 0.29) is 0 Å². The Bertz CT molecular complexity index is 882. The highest BCUT2D eigenvalue weighted by atomic mass is 35.5. The van der Waals surface area contributed by atoms with Crippen molar-refractivity contribution < 1.29 is 0 Å².